The molecule has 0 aliphatic rings. The van der Waals surface area contributed by atoms with Gasteiger partial charge in [-0.3, -0.25) is 0 Å². The third kappa shape index (κ3) is 3.54. The minimum absolute atomic E-state index is 0.108. The molecule has 3 atom stereocenters. The zero-order valence-corrected chi connectivity index (χ0v) is 10.3. The van der Waals surface area contributed by atoms with E-state index in [1.807, 2.05) is 21.0 Å². The first-order valence-corrected chi connectivity index (χ1v) is 5.39. The standard InChI is InChI=1S/C11H25FN2/c1-8(10(3)12)7-9(2)11(4,13-5)14-6/h8-10,13-14H,7H2,1-6H3/t8-,9-,10+/m1/s1. The Labute approximate surface area is 87.7 Å². The zero-order chi connectivity index (χ0) is 11.4. The highest BCUT2D eigenvalue weighted by Gasteiger charge is 2.29. The maximum Gasteiger partial charge on any atom is 0.0999 e. The summed E-state index contributed by atoms with van der Waals surface area (Å²) in [4.78, 5) is 0. The summed E-state index contributed by atoms with van der Waals surface area (Å²) in [6.07, 6.45) is 0.158. The van der Waals surface area contributed by atoms with Gasteiger partial charge in [-0.1, -0.05) is 13.8 Å². The van der Waals surface area contributed by atoms with E-state index in [2.05, 4.69) is 24.5 Å². The summed E-state index contributed by atoms with van der Waals surface area (Å²) in [5.41, 5.74) is -0.108. The van der Waals surface area contributed by atoms with Crippen LogP contribution in [0.5, 0.6) is 0 Å². The molecule has 86 valence electrons. The van der Waals surface area contributed by atoms with Crippen LogP contribution in [-0.4, -0.2) is 25.9 Å². The molecule has 0 amide bonds. The molecule has 2 nitrogen and oxygen atoms in total. The van der Waals surface area contributed by atoms with Gasteiger partial charge in [0.25, 0.3) is 0 Å². The molecular weight excluding hydrogens is 179 g/mol. The summed E-state index contributed by atoms with van der Waals surface area (Å²) in [5.74, 6) is 0.511. The van der Waals surface area contributed by atoms with Crippen LogP contribution in [-0.2, 0) is 0 Å². The predicted molar refractivity (Wildman–Crippen MR) is 60.0 cm³/mol. The second-order valence-corrected chi connectivity index (χ2v) is 4.49. The predicted octanol–water partition coefficient (Wildman–Crippen LogP) is 2.16. The van der Waals surface area contributed by atoms with E-state index in [1.165, 1.54) is 0 Å². The Morgan fingerprint density at radius 1 is 1.14 bits per heavy atom. The van der Waals surface area contributed by atoms with Crippen molar-refractivity contribution in [2.75, 3.05) is 14.1 Å². The van der Waals surface area contributed by atoms with Gasteiger partial charge in [0.1, 0.15) is 0 Å². The smallest absolute Gasteiger partial charge is 0.0999 e. The van der Waals surface area contributed by atoms with Crippen molar-refractivity contribution in [2.24, 2.45) is 11.8 Å². The molecule has 0 heterocycles. The Morgan fingerprint density at radius 2 is 1.57 bits per heavy atom. The molecule has 0 fully saturated rings. The molecule has 0 unspecified atom stereocenters. The molecule has 0 aliphatic heterocycles. The van der Waals surface area contributed by atoms with E-state index < -0.39 is 6.17 Å². The average molecular weight is 204 g/mol. The van der Waals surface area contributed by atoms with E-state index in [9.17, 15) is 4.39 Å². The quantitative estimate of drug-likeness (QED) is 0.648. The largest absolute Gasteiger partial charge is 0.302 e. The lowest BCUT2D eigenvalue weighted by atomic mass is 9.86. The summed E-state index contributed by atoms with van der Waals surface area (Å²) in [5, 5.41) is 6.48. The van der Waals surface area contributed by atoms with Gasteiger partial charge in [0.2, 0.25) is 0 Å². The van der Waals surface area contributed by atoms with Crippen LogP contribution in [0.4, 0.5) is 4.39 Å². The first kappa shape index (κ1) is 13.8. The molecule has 0 radical (unpaired) electrons. The number of hydrogen-bond donors (Lipinski definition) is 2. The summed E-state index contributed by atoms with van der Waals surface area (Å²) in [6, 6.07) is 0. The van der Waals surface area contributed by atoms with E-state index in [-0.39, 0.29) is 11.6 Å². The lowest BCUT2D eigenvalue weighted by Gasteiger charge is -2.37. The van der Waals surface area contributed by atoms with Crippen molar-refractivity contribution in [1.29, 1.82) is 0 Å². The van der Waals surface area contributed by atoms with E-state index in [0.717, 1.165) is 6.42 Å². The van der Waals surface area contributed by atoms with Crippen LogP contribution in [0.15, 0.2) is 0 Å². The highest BCUT2D eigenvalue weighted by molar-refractivity contribution is 4.84. The molecular formula is C11H25FN2. The Kier molecular flexibility index (Phi) is 5.60. The molecule has 0 saturated carbocycles. The second kappa shape index (κ2) is 5.66. The Balaban J connectivity index is 4.24. The van der Waals surface area contributed by atoms with E-state index in [4.69, 9.17) is 0 Å². The van der Waals surface area contributed by atoms with Gasteiger partial charge in [0.15, 0.2) is 0 Å². The van der Waals surface area contributed by atoms with Crippen molar-refractivity contribution in [3.8, 4) is 0 Å². The SMILES string of the molecule is CNC(C)(NC)[C@H](C)C[C@@H](C)[C@H](C)F. The number of rotatable bonds is 6. The summed E-state index contributed by atoms with van der Waals surface area (Å²) >= 11 is 0. The van der Waals surface area contributed by atoms with Crippen molar-refractivity contribution in [1.82, 2.24) is 10.6 Å². The molecule has 0 bridgehead atoms. The molecule has 14 heavy (non-hydrogen) atoms. The van der Waals surface area contributed by atoms with Crippen molar-refractivity contribution < 1.29 is 4.39 Å². The van der Waals surface area contributed by atoms with Crippen LogP contribution in [0, 0.1) is 11.8 Å². The molecule has 3 heteroatoms. The molecule has 0 aliphatic carbocycles. The number of hydrogen-bond acceptors (Lipinski definition) is 2. The van der Waals surface area contributed by atoms with E-state index in [1.54, 1.807) is 6.92 Å². The van der Waals surface area contributed by atoms with Gasteiger partial charge in [-0.2, -0.15) is 0 Å². The van der Waals surface area contributed by atoms with Gasteiger partial charge in [0, 0.05) is 0 Å². The van der Waals surface area contributed by atoms with Crippen LogP contribution in [0.3, 0.4) is 0 Å². The Hall–Kier alpha value is -0.150. The second-order valence-electron chi connectivity index (χ2n) is 4.49. The van der Waals surface area contributed by atoms with Gasteiger partial charge >= 0.3 is 0 Å². The maximum absolute atomic E-state index is 13.0. The molecule has 0 aromatic carbocycles. The van der Waals surface area contributed by atoms with Gasteiger partial charge in [-0.15, -0.1) is 0 Å². The van der Waals surface area contributed by atoms with Gasteiger partial charge in [-0.05, 0) is 46.2 Å². The minimum atomic E-state index is -0.726. The highest BCUT2D eigenvalue weighted by Crippen LogP contribution is 2.24. The Bertz CT molecular complexity index is 155. The Morgan fingerprint density at radius 3 is 1.86 bits per heavy atom. The van der Waals surface area contributed by atoms with Crippen LogP contribution in [0.25, 0.3) is 0 Å². The molecule has 0 saturated heterocycles. The van der Waals surface area contributed by atoms with Crippen LogP contribution < -0.4 is 10.6 Å². The molecule has 0 aromatic heterocycles. The number of nitrogens with one attached hydrogen (secondary N) is 2. The lowest BCUT2D eigenvalue weighted by molar-refractivity contribution is 0.156. The van der Waals surface area contributed by atoms with Crippen LogP contribution in [0.1, 0.15) is 34.1 Å². The number of alkyl halides is 1. The fourth-order valence-corrected chi connectivity index (χ4v) is 1.60. The summed E-state index contributed by atoms with van der Waals surface area (Å²) < 4.78 is 13.0. The normalized spacial score (nSPS) is 19.1. The van der Waals surface area contributed by atoms with E-state index in [0.29, 0.717) is 5.92 Å². The third-order valence-corrected chi connectivity index (χ3v) is 3.53. The van der Waals surface area contributed by atoms with Gasteiger partial charge < -0.3 is 10.6 Å². The lowest BCUT2D eigenvalue weighted by Crippen LogP contribution is -2.56. The van der Waals surface area contributed by atoms with Gasteiger partial charge in [-0.25, -0.2) is 4.39 Å². The molecule has 0 spiro atoms. The first-order valence-electron chi connectivity index (χ1n) is 5.39. The average Bonchev–Trinajstić information content (AvgIpc) is 2.16. The zero-order valence-electron chi connectivity index (χ0n) is 10.3. The van der Waals surface area contributed by atoms with Gasteiger partial charge in [0.05, 0.1) is 11.8 Å². The van der Waals surface area contributed by atoms with Crippen LogP contribution in [0.2, 0.25) is 0 Å². The maximum atomic E-state index is 13.0. The molecule has 0 rings (SSSR count). The monoisotopic (exact) mass is 204 g/mol. The fourth-order valence-electron chi connectivity index (χ4n) is 1.60. The fraction of sp³-hybridized carbons (Fsp3) is 1.00. The summed E-state index contributed by atoms with van der Waals surface area (Å²) in [7, 11) is 3.85. The van der Waals surface area contributed by atoms with Crippen molar-refractivity contribution in [2.45, 2.75) is 46.0 Å². The molecule has 0 aromatic rings. The van der Waals surface area contributed by atoms with Crippen molar-refractivity contribution in [3.05, 3.63) is 0 Å². The van der Waals surface area contributed by atoms with Crippen molar-refractivity contribution >= 4 is 0 Å². The first-order chi connectivity index (χ1) is 6.37. The summed E-state index contributed by atoms with van der Waals surface area (Å²) in [6.45, 7) is 7.85. The van der Waals surface area contributed by atoms with E-state index >= 15 is 0 Å². The number of halogens is 1. The topological polar surface area (TPSA) is 24.1 Å². The van der Waals surface area contributed by atoms with Crippen molar-refractivity contribution in [3.63, 3.8) is 0 Å². The highest BCUT2D eigenvalue weighted by atomic mass is 19.1. The minimum Gasteiger partial charge on any atom is -0.302 e. The third-order valence-electron chi connectivity index (χ3n) is 3.53. The molecule has 2 N–H and O–H groups in total. The van der Waals surface area contributed by atoms with Crippen LogP contribution >= 0.6 is 0 Å².